The van der Waals surface area contributed by atoms with Crippen molar-refractivity contribution in [1.29, 1.82) is 0 Å². The highest BCUT2D eigenvalue weighted by atomic mass is 79.9. The SMILES string of the molecule is Cc1c(Cl)cc(S(=O)(=O)Nc2c(F)cc(F)cc2Br)cc1[N+](=O)[O-]. The number of sulfonamides is 1. The zero-order valence-electron chi connectivity index (χ0n) is 11.8. The molecule has 0 atom stereocenters. The Morgan fingerprint density at radius 2 is 1.88 bits per heavy atom. The zero-order valence-corrected chi connectivity index (χ0v) is 15.0. The lowest BCUT2D eigenvalue weighted by Gasteiger charge is -2.12. The van der Waals surface area contributed by atoms with Crippen molar-refractivity contribution in [3.8, 4) is 0 Å². The van der Waals surface area contributed by atoms with Crippen LogP contribution in [0.25, 0.3) is 0 Å². The third kappa shape index (κ3) is 3.65. The van der Waals surface area contributed by atoms with Gasteiger partial charge in [0.15, 0.2) is 5.82 Å². The molecule has 0 aliphatic carbocycles. The number of benzene rings is 2. The van der Waals surface area contributed by atoms with Crippen LogP contribution < -0.4 is 4.72 Å². The van der Waals surface area contributed by atoms with E-state index < -0.39 is 42.9 Å². The molecular formula is C13H8BrClF2N2O4S. The lowest BCUT2D eigenvalue weighted by atomic mass is 10.2. The minimum absolute atomic E-state index is 0.0924. The average molecular weight is 442 g/mol. The second kappa shape index (κ2) is 6.61. The van der Waals surface area contributed by atoms with E-state index in [4.69, 9.17) is 11.6 Å². The van der Waals surface area contributed by atoms with E-state index in [9.17, 15) is 27.3 Å². The van der Waals surface area contributed by atoms with E-state index in [1.54, 1.807) is 0 Å². The molecule has 0 heterocycles. The summed E-state index contributed by atoms with van der Waals surface area (Å²) in [4.78, 5) is 9.67. The molecule has 0 aliphatic rings. The second-order valence-electron chi connectivity index (χ2n) is 4.66. The molecule has 2 aromatic carbocycles. The number of anilines is 1. The fourth-order valence-corrected chi connectivity index (χ4v) is 3.87. The summed E-state index contributed by atoms with van der Waals surface area (Å²) in [6, 6.07) is 3.17. The van der Waals surface area contributed by atoms with Crippen molar-refractivity contribution < 1.29 is 22.1 Å². The fourth-order valence-electron chi connectivity index (χ4n) is 1.82. The molecule has 1 N–H and O–H groups in total. The van der Waals surface area contributed by atoms with Crippen LogP contribution in [0.1, 0.15) is 5.56 Å². The first-order valence-corrected chi connectivity index (χ1v) is 8.80. The molecule has 0 unspecified atom stereocenters. The van der Waals surface area contributed by atoms with Crippen molar-refractivity contribution >= 4 is 48.9 Å². The van der Waals surface area contributed by atoms with Crippen LogP contribution in [0.5, 0.6) is 0 Å². The van der Waals surface area contributed by atoms with Gasteiger partial charge in [-0.25, -0.2) is 17.2 Å². The van der Waals surface area contributed by atoms with Gasteiger partial charge in [0.2, 0.25) is 0 Å². The molecule has 6 nitrogen and oxygen atoms in total. The average Bonchev–Trinajstić information content (AvgIpc) is 2.45. The van der Waals surface area contributed by atoms with E-state index in [-0.39, 0.29) is 15.1 Å². The molecule has 0 spiro atoms. The van der Waals surface area contributed by atoms with E-state index in [2.05, 4.69) is 15.9 Å². The van der Waals surface area contributed by atoms with Gasteiger partial charge in [-0.05, 0) is 35.0 Å². The van der Waals surface area contributed by atoms with Gasteiger partial charge in [-0.15, -0.1) is 0 Å². The molecule has 11 heteroatoms. The van der Waals surface area contributed by atoms with Crippen molar-refractivity contribution in [2.75, 3.05) is 4.72 Å². The first-order chi connectivity index (χ1) is 11.0. The van der Waals surface area contributed by atoms with Crippen LogP contribution in [0, 0.1) is 28.7 Å². The molecule has 0 aromatic heterocycles. The number of rotatable bonds is 4. The molecule has 0 aliphatic heterocycles. The Bertz CT molecular complexity index is 930. The minimum atomic E-state index is -4.40. The molecule has 24 heavy (non-hydrogen) atoms. The van der Waals surface area contributed by atoms with Crippen LogP contribution in [-0.4, -0.2) is 13.3 Å². The van der Waals surface area contributed by atoms with Gasteiger partial charge in [-0.1, -0.05) is 11.6 Å². The Morgan fingerprint density at radius 1 is 1.25 bits per heavy atom. The molecule has 2 aromatic rings. The summed E-state index contributed by atoms with van der Waals surface area (Å²) in [5, 5.41) is 10.8. The standard InChI is InChI=1S/C13H8BrClF2N2O4S/c1-6-10(15)4-8(5-12(6)19(20)21)24(22,23)18-13-9(14)2-7(16)3-11(13)17/h2-5,18H,1H3. The van der Waals surface area contributed by atoms with E-state index in [1.165, 1.54) is 6.92 Å². The second-order valence-corrected chi connectivity index (χ2v) is 7.60. The van der Waals surface area contributed by atoms with Gasteiger partial charge in [0.25, 0.3) is 15.7 Å². The van der Waals surface area contributed by atoms with E-state index >= 15 is 0 Å². The number of nitro benzene ring substituents is 1. The number of halogens is 4. The number of nitrogens with zero attached hydrogens (tertiary/aromatic N) is 1. The van der Waals surface area contributed by atoms with Gasteiger partial charge in [0, 0.05) is 22.2 Å². The Labute approximate surface area is 148 Å². The van der Waals surface area contributed by atoms with Crippen LogP contribution in [0.2, 0.25) is 5.02 Å². The normalized spacial score (nSPS) is 11.4. The van der Waals surface area contributed by atoms with Gasteiger partial charge in [-0.3, -0.25) is 14.8 Å². The topological polar surface area (TPSA) is 89.3 Å². The Kier molecular flexibility index (Phi) is 5.11. The largest absolute Gasteiger partial charge is 0.275 e. The van der Waals surface area contributed by atoms with Crippen molar-refractivity contribution in [2.45, 2.75) is 11.8 Å². The highest BCUT2D eigenvalue weighted by molar-refractivity contribution is 9.10. The number of hydrogen-bond donors (Lipinski definition) is 1. The van der Waals surface area contributed by atoms with Gasteiger partial charge < -0.3 is 0 Å². The smallest absolute Gasteiger partial charge is 0.275 e. The van der Waals surface area contributed by atoms with Crippen LogP contribution in [0.4, 0.5) is 20.2 Å². The van der Waals surface area contributed by atoms with Gasteiger partial charge in [0.1, 0.15) is 5.82 Å². The Morgan fingerprint density at radius 3 is 2.42 bits per heavy atom. The third-order valence-electron chi connectivity index (χ3n) is 3.04. The predicted molar refractivity (Wildman–Crippen MR) is 87.7 cm³/mol. The maximum atomic E-state index is 13.8. The highest BCUT2D eigenvalue weighted by Crippen LogP contribution is 2.33. The first kappa shape index (κ1) is 18.6. The third-order valence-corrected chi connectivity index (χ3v) is 5.39. The van der Waals surface area contributed by atoms with E-state index in [0.717, 1.165) is 18.2 Å². The summed E-state index contributed by atoms with van der Waals surface area (Å²) in [6.07, 6.45) is 0. The lowest BCUT2D eigenvalue weighted by molar-refractivity contribution is -0.385. The molecule has 128 valence electrons. The first-order valence-electron chi connectivity index (χ1n) is 6.15. The van der Waals surface area contributed by atoms with E-state index in [1.807, 2.05) is 4.72 Å². The fraction of sp³-hybridized carbons (Fsp3) is 0.0769. The predicted octanol–water partition coefficient (Wildman–Crippen LogP) is 4.40. The highest BCUT2D eigenvalue weighted by Gasteiger charge is 2.24. The van der Waals surface area contributed by atoms with Crippen molar-refractivity contribution in [3.05, 3.63) is 61.1 Å². The summed E-state index contributed by atoms with van der Waals surface area (Å²) in [6.45, 7) is 1.36. The number of nitro groups is 1. The van der Waals surface area contributed by atoms with Crippen molar-refractivity contribution in [2.24, 2.45) is 0 Å². The molecule has 0 saturated carbocycles. The minimum Gasteiger partial charge on any atom is -0.275 e. The summed E-state index contributed by atoms with van der Waals surface area (Å²) in [5.74, 6) is -2.06. The van der Waals surface area contributed by atoms with Crippen LogP contribution in [0.15, 0.2) is 33.6 Å². The van der Waals surface area contributed by atoms with Crippen molar-refractivity contribution in [3.63, 3.8) is 0 Å². The zero-order chi connectivity index (χ0) is 18.2. The number of nitrogens with one attached hydrogen (secondary N) is 1. The molecule has 0 amide bonds. The summed E-state index contributed by atoms with van der Waals surface area (Å²) >= 11 is 8.67. The quantitative estimate of drug-likeness (QED) is 0.562. The molecule has 0 radical (unpaired) electrons. The molecule has 0 fully saturated rings. The van der Waals surface area contributed by atoms with Crippen LogP contribution in [0.3, 0.4) is 0 Å². The van der Waals surface area contributed by atoms with Gasteiger partial charge in [-0.2, -0.15) is 0 Å². The maximum absolute atomic E-state index is 13.8. The number of hydrogen-bond acceptors (Lipinski definition) is 4. The van der Waals surface area contributed by atoms with Gasteiger partial charge in [0.05, 0.1) is 20.5 Å². The lowest BCUT2D eigenvalue weighted by Crippen LogP contribution is -2.15. The van der Waals surface area contributed by atoms with Gasteiger partial charge >= 0.3 is 0 Å². The van der Waals surface area contributed by atoms with Crippen LogP contribution >= 0.6 is 27.5 Å². The Hall–Kier alpha value is -1.78. The summed E-state index contributed by atoms with van der Waals surface area (Å²) in [7, 11) is -4.40. The van der Waals surface area contributed by atoms with E-state index in [0.29, 0.717) is 6.07 Å². The van der Waals surface area contributed by atoms with Crippen molar-refractivity contribution in [1.82, 2.24) is 0 Å². The van der Waals surface area contributed by atoms with Crippen LogP contribution in [-0.2, 0) is 10.0 Å². The monoisotopic (exact) mass is 440 g/mol. The Balaban J connectivity index is 2.55. The summed E-state index contributed by atoms with van der Waals surface area (Å²) in [5.41, 5.74) is -0.938. The summed E-state index contributed by atoms with van der Waals surface area (Å²) < 4.78 is 53.3. The maximum Gasteiger partial charge on any atom is 0.275 e. The molecule has 0 saturated heterocycles. The molecule has 0 bridgehead atoms. The molecular weight excluding hydrogens is 434 g/mol. The molecule has 2 rings (SSSR count).